The molecule has 0 aromatic rings. The van der Waals surface area contributed by atoms with Crippen LogP contribution < -0.4 is 0 Å². The van der Waals surface area contributed by atoms with Gasteiger partial charge in [0.2, 0.25) is 0 Å². The summed E-state index contributed by atoms with van der Waals surface area (Å²) in [6, 6.07) is -0.0449. The molecule has 302 valence electrons. The van der Waals surface area contributed by atoms with Gasteiger partial charge in [-0.25, -0.2) is 0 Å². The molecule has 4 saturated carbocycles. The van der Waals surface area contributed by atoms with Crippen LogP contribution in [-0.4, -0.2) is 86.7 Å². The van der Waals surface area contributed by atoms with Crippen molar-refractivity contribution >= 4 is 17.9 Å². The molecule has 1 spiro atoms. The van der Waals surface area contributed by atoms with Gasteiger partial charge in [0.1, 0.15) is 17.8 Å². The molecule has 6 aliphatic rings. The summed E-state index contributed by atoms with van der Waals surface area (Å²) in [5.74, 6) is -1.29. The number of unbranched alkanes of at least 4 members (excludes halogenated alkanes) is 8. The van der Waals surface area contributed by atoms with Crippen molar-refractivity contribution < 1.29 is 38.1 Å². The lowest BCUT2D eigenvalue weighted by Gasteiger charge is -2.68. The fourth-order valence-corrected chi connectivity index (χ4v) is 13.0. The maximum atomic E-state index is 14.1. The van der Waals surface area contributed by atoms with Gasteiger partial charge in [-0.1, -0.05) is 76.3 Å². The highest BCUT2D eigenvalue weighted by Gasteiger charge is 2.87. The maximum Gasteiger partial charge on any atom is 0.306 e. The molecule has 54 heavy (non-hydrogen) atoms. The highest BCUT2D eigenvalue weighted by Crippen LogP contribution is 2.79. The van der Waals surface area contributed by atoms with Gasteiger partial charge in [-0.2, -0.15) is 0 Å². The number of hydrogen-bond donors (Lipinski definition) is 0. The maximum absolute atomic E-state index is 14.1. The highest BCUT2D eigenvalue weighted by molar-refractivity contribution is 5.71. The molecule has 9 heteroatoms. The Morgan fingerprint density at radius 2 is 1.56 bits per heavy atom. The molecule has 0 aromatic carbocycles. The summed E-state index contributed by atoms with van der Waals surface area (Å²) in [5, 5.41) is 0. The van der Waals surface area contributed by atoms with Gasteiger partial charge >= 0.3 is 17.9 Å². The standard InChI is InChI=1S/C45H69NO8/c1-7-9-10-11-12-13-14-15-16-17-18-19-20-21-22-23-36(49)54-44-27-24-33-28-34(37(44)39(33)53-32(4)48)45-35(52-31(3)47)25-26-43(30-50-5)29-46(8-2)42(45)38(44)40(51-6)41(43)45/h12-13,15-16,24,27,33-35,37-42H,7-11,14,17-23,25-26,28-30H2,1-6H3/b13-12-,16-15-/t33-,34+,35?,37+,38-,39-,40-,41+,42+,43-,44+,45-/m0/s1. The van der Waals surface area contributed by atoms with E-state index in [2.05, 4.69) is 55.2 Å². The predicted molar refractivity (Wildman–Crippen MR) is 208 cm³/mol. The number of rotatable bonds is 21. The Labute approximate surface area is 325 Å². The summed E-state index contributed by atoms with van der Waals surface area (Å²) in [4.78, 5) is 42.3. The van der Waals surface area contributed by atoms with Crippen LogP contribution in [0, 0.1) is 40.4 Å². The van der Waals surface area contributed by atoms with E-state index in [1.54, 1.807) is 14.2 Å². The van der Waals surface area contributed by atoms with Crippen LogP contribution in [0.25, 0.3) is 0 Å². The Balaban J connectivity index is 1.20. The minimum Gasteiger partial charge on any atom is -0.462 e. The first-order valence-corrected chi connectivity index (χ1v) is 21.5. The summed E-state index contributed by atoms with van der Waals surface area (Å²) in [7, 11) is 3.57. The molecule has 1 heterocycles. The van der Waals surface area contributed by atoms with Crippen LogP contribution in [0.3, 0.4) is 0 Å². The SMILES string of the molecule is CCCCC/C=C\C/C=C\CCCCCCCC(=O)O[C@]12C=C[C@H]3C[C@H]([C@@H]1[C@H]3OC(C)=O)[C@@]13C(OC(C)=O)CC[C@@]4(COC)CN(CC)[C@@H]1[C@@H]2[C@H](OC)[C@H]43. The number of ether oxygens (including phenoxy) is 5. The summed E-state index contributed by atoms with van der Waals surface area (Å²) in [5.41, 5.74) is -1.71. The van der Waals surface area contributed by atoms with Crippen molar-refractivity contribution in [2.45, 2.75) is 154 Å². The molecule has 0 aromatic heterocycles. The van der Waals surface area contributed by atoms with Crippen molar-refractivity contribution in [3.8, 4) is 0 Å². The number of likely N-dealkylation sites (tertiary alicyclic amines) is 1. The second-order valence-electron chi connectivity index (χ2n) is 17.4. The molecule has 5 fully saturated rings. The topological polar surface area (TPSA) is 101 Å². The zero-order valence-electron chi connectivity index (χ0n) is 34.1. The van der Waals surface area contributed by atoms with E-state index in [9.17, 15) is 14.4 Å². The molecule has 0 amide bonds. The Bertz CT molecular complexity index is 1410. The number of carbonyl (C=O) groups is 3. The van der Waals surface area contributed by atoms with Crippen LogP contribution in [0.5, 0.6) is 0 Å². The minimum atomic E-state index is -1.02. The normalized spacial score (nSPS) is 38.7. The molecule has 12 atom stereocenters. The van der Waals surface area contributed by atoms with E-state index in [-0.39, 0.29) is 71.2 Å². The van der Waals surface area contributed by atoms with Crippen molar-refractivity contribution in [1.82, 2.24) is 4.90 Å². The average Bonchev–Trinajstić information content (AvgIpc) is 3.54. The molecule has 1 saturated heterocycles. The third kappa shape index (κ3) is 7.28. The van der Waals surface area contributed by atoms with E-state index < -0.39 is 17.1 Å². The van der Waals surface area contributed by atoms with E-state index in [4.69, 9.17) is 23.7 Å². The van der Waals surface area contributed by atoms with Crippen LogP contribution in [0.4, 0.5) is 0 Å². The highest BCUT2D eigenvalue weighted by atomic mass is 16.6. The number of methoxy groups -OCH3 is 2. The molecule has 0 radical (unpaired) electrons. The second kappa shape index (κ2) is 17.8. The third-order valence-electron chi connectivity index (χ3n) is 14.5. The third-order valence-corrected chi connectivity index (χ3v) is 14.5. The lowest BCUT2D eigenvalue weighted by atomic mass is 9.43. The van der Waals surface area contributed by atoms with Crippen LogP contribution in [0.2, 0.25) is 0 Å². The van der Waals surface area contributed by atoms with Crippen molar-refractivity contribution in [3.63, 3.8) is 0 Å². The lowest BCUT2D eigenvalue weighted by molar-refractivity contribution is -0.266. The molecule has 1 unspecified atom stereocenters. The molecular weight excluding hydrogens is 682 g/mol. The van der Waals surface area contributed by atoms with Crippen molar-refractivity contribution in [1.29, 1.82) is 0 Å². The fraction of sp³-hybridized carbons (Fsp3) is 0.800. The Hall–Kier alpha value is -2.49. The summed E-state index contributed by atoms with van der Waals surface area (Å²) >= 11 is 0. The Morgan fingerprint density at radius 3 is 2.22 bits per heavy atom. The van der Waals surface area contributed by atoms with Gasteiger partial charge in [-0.3, -0.25) is 19.3 Å². The number of carbonyl (C=O) groups excluding carboxylic acids is 3. The number of nitrogens with zero attached hydrogens (tertiary/aromatic N) is 1. The average molecular weight is 752 g/mol. The van der Waals surface area contributed by atoms with E-state index >= 15 is 0 Å². The molecule has 5 aliphatic carbocycles. The van der Waals surface area contributed by atoms with Gasteiger partial charge in [0.25, 0.3) is 0 Å². The van der Waals surface area contributed by atoms with Crippen molar-refractivity contribution in [3.05, 3.63) is 36.5 Å². The first-order chi connectivity index (χ1) is 26.1. The molecular formula is C45H69NO8. The monoisotopic (exact) mass is 752 g/mol. The summed E-state index contributed by atoms with van der Waals surface area (Å²) < 4.78 is 32.3. The minimum absolute atomic E-state index is 0.000149. The van der Waals surface area contributed by atoms with Crippen molar-refractivity contribution in [2.24, 2.45) is 40.4 Å². The molecule has 0 N–H and O–H groups in total. The van der Waals surface area contributed by atoms with Crippen LogP contribution in [0.1, 0.15) is 124 Å². The van der Waals surface area contributed by atoms with Crippen LogP contribution >= 0.6 is 0 Å². The smallest absolute Gasteiger partial charge is 0.306 e. The molecule has 7 bridgehead atoms. The molecule has 1 aliphatic heterocycles. The van der Waals surface area contributed by atoms with Gasteiger partial charge < -0.3 is 23.7 Å². The van der Waals surface area contributed by atoms with Crippen molar-refractivity contribution in [2.75, 3.05) is 33.9 Å². The number of hydrogen-bond acceptors (Lipinski definition) is 9. The van der Waals surface area contributed by atoms with E-state index in [0.717, 1.165) is 77.3 Å². The first-order valence-electron chi connectivity index (χ1n) is 21.5. The van der Waals surface area contributed by atoms with Gasteiger partial charge in [-0.15, -0.1) is 0 Å². The second-order valence-corrected chi connectivity index (χ2v) is 17.4. The molecule has 6 rings (SSSR count). The van der Waals surface area contributed by atoms with E-state index in [1.807, 2.05) is 0 Å². The Morgan fingerprint density at radius 1 is 0.852 bits per heavy atom. The molecule has 9 nitrogen and oxygen atoms in total. The predicted octanol–water partition coefficient (Wildman–Crippen LogP) is 8.16. The largest absolute Gasteiger partial charge is 0.462 e. The van der Waals surface area contributed by atoms with Crippen LogP contribution in [-0.2, 0) is 38.1 Å². The quantitative estimate of drug-likeness (QED) is 0.0498. The number of esters is 3. The van der Waals surface area contributed by atoms with Gasteiger partial charge in [-0.05, 0) is 76.3 Å². The van der Waals surface area contributed by atoms with Gasteiger partial charge in [0, 0.05) is 81.6 Å². The Kier molecular flexibility index (Phi) is 13.5. The number of piperidine rings is 1. The van der Waals surface area contributed by atoms with E-state index in [0.29, 0.717) is 13.0 Å². The zero-order valence-corrected chi connectivity index (χ0v) is 34.1. The van der Waals surface area contributed by atoms with Crippen LogP contribution in [0.15, 0.2) is 36.5 Å². The first kappa shape index (κ1) is 41.2. The fourth-order valence-electron chi connectivity index (χ4n) is 13.0. The van der Waals surface area contributed by atoms with E-state index in [1.165, 1.54) is 39.5 Å². The summed E-state index contributed by atoms with van der Waals surface area (Å²) in [6.45, 7) is 9.66. The summed E-state index contributed by atoms with van der Waals surface area (Å²) in [6.07, 6.45) is 27.5. The number of allylic oxidation sites excluding steroid dienone is 4. The number of fused-ring (bicyclic) bond motifs is 2. The van der Waals surface area contributed by atoms with Gasteiger partial charge in [0.05, 0.1) is 12.7 Å². The van der Waals surface area contributed by atoms with Gasteiger partial charge in [0.15, 0.2) is 0 Å². The zero-order chi connectivity index (χ0) is 38.5. The lowest BCUT2D eigenvalue weighted by Crippen LogP contribution is -2.76.